The fourth-order valence-electron chi connectivity index (χ4n) is 3.45. The molecule has 2 N–H and O–H groups in total. The third-order valence-corrected chi connectivity index (χ3v) is 4.59. The highest BCUT2D eigenvalue weighted by atomic mass is 16.5. The topological polar surface area (TPSA) is 82.6 Å². The molecule has 2 heterocycles. The second-order valence-corrected chi connectivity index (χ2v) is 6.04. The van der Waals surface area contributed by atoms with E-state index >= 15 is 0 Å². The number of methoxy groups -OCH3 is 1. The molecule has 6 nitrogen and oxygen atoms in total. The van der Waals surface area contributed by atoms with E-state index in [1.165, 1.54) is 16.7 Å². The third kappa shape index (κ3) is 2.40. The van der Waals surface area contributed by atoms with Crippen LogP contribution in [0.25, 0.3) is 11.1 Å². The number of hydrogen-bond donors (Lipinski definition) is 1. The number of nitrogens with zero attached hydrogens (tertiary/aromatic N) is 3. The second kappa shape index (κ2) is 5.22. The van der Waals surface area contributed by atoms with Gasteiger partial charge in [-0.2, -0.15) is 0 Å². The number of aliphatic imine (C=N–C) groups is 1. The van der Waals surface area contributed by atoms with Gasteiger partial charge in [-0.05, 0) is 29.5 Å². The lowest BCUT2D eigenvalue weighted by Gasteiger charge is -2.31. The Balaban J connectivity index is 1.71. The van der Waals surface area contributed by atoms with Crippen LogP contribution in [0.15, 0.2) is 35.6 Å². The van der Waals surface area contributed by atoms with Gasteiger partial charge in [0, 0.05) is 24.4 Å². The van der Waals surface area contributed by atoms with Crippen LogP contribution in [-0.4, -0.2) is 35.2 Å². The van der Waals surface area contributed by atoms with E-state index in [1.807, 2.05) is 0 Å². The first-order valence-electron chi connectivity index (χ1n) is 7.64. The molecular weight excluding hydrogens is 292 g/mol. The Bertz CT molecular complexity index is 773. The molecule has 4 rings (SSSR count). The van der Waals surface area contributed by atoms with E-state index < -0.39 is 0 Å². The second-order valence-electron chi connectivity index (χ2n) is 6.04. The summed E-state index contributed by atoms with van der Waals surface area (Å²) in [6, 6.07) is 7.04. The maximum atomic E-state index is 5.71. The monoisotopic (exact) mass is 310 g/mol. The van der Waals surface area contributed by atoms with Gasteiger partial charge in [-0.25, -0.2) is 15.0 Å². The molecule has 118 valence electrons. The summed E-state index contributed by atoms with van der Waals surface area (Å²) in [5.41, 5.74) is 10.3. The molecule has 2 aromatic rings. The van der Waals surface area contributed by atoms with Crippen molar-refractivity contribution in [3.63, 3.8) is 0 Å². The van der Waals surface area contributed by atoms with Crippen LogP contribution in [0.1, 0.15) is 17.5 Å². The molecule has 1 spiro atoms. The van der Waals surface area contributed by atoms with Crippen LogP contribution < -0.4 is 10.5 Å². The van der Waals surface area contributed by atoms with Crippen molar-refractivity contribution in [2.24, 2.45) is 10.7 Å². The number of amidine groups is 1. The quantitative estimate of drug-likeness (QED) is 0.913. The van der Waals surface area contributed by atoms with Crippen LogP contribution in [0.3, 0.4) is 0 Å². The molecule has 1 aliphatic heterocycles. The van der Waals surface area contributed by atoms with Gasteiger partial charge in [-0.1, -0.05) is 18.2 Å². The predicted octanol–water partition coefficient (Wildman–Crippen LogP) is 1.72. The molecule has 23 heavy (non-hydrogen) atoms. The number of benzene rings is 1. The standard InChI is InChI=1S/C17H18N4O2/c1-22-16-19-8-12(9-20-16)13-4-2-3-11-7-17(6-5-14(11)13)10-23-15(18)21-17/h2-4,8-9H,5-7,10H2,1H3,(H2,18,21). The molecule has 0 saturated carbocycles. The van der Waals surface area contributed by atoms with Gasteiger partial charge in [-0.15, -0.1) is 0 Å². The first-order chi connectivity index (χ1) is 11.2. The average Bonchev–Trinajstić information content (AvgIpc) is 2.94. The van der Waals surface area contributed by atoms with Crippen molar-refractivity contribution in [1.82, 2.24) is 9.97 Å². The maximum Gasteiger partial charge on any atom is 0.316 e. The van der Waals surface area contributed by atoms with Crippen molar-refractivity contribution in [2.75, 3.05) is 13.7 Å². The van der Waals surface area contributed by atoms with Gasteiger partial charge in [0.05, 0.1) is 7.11 Å². The molecule has 0 bridgehead atoms. The minimum Gasteiger partial charge on any atom is -0.467 e. The lowest BCUT2D eigenvalue weighted by atomic mass is 9.77. The predicted molar refractivity (Wildman–Crippen MR) is 86.4 cm³/mol. The molecule has 0 amide bonds. The summed E-state index contributed by atoms with van der Waals surface area (Å²) in [7, 11) is 1.56. The van der Waals surface area contributed by atoms with Gasteiger partial charge in [-0.3, -0.25) is 0 Å². The molecule has 0 fully saturated rings. The number of rotatable bonds is 2. The summed E-state index contributed by atoms with van der Waals surface area (Å²) < 4.78 is 10.4. The number of nitrogens with two attached hydrogens (primary N) is 1. The van der Waals surface area contributed by atoms with Crippen molar-refractivity contribution in [2.45, 2.75) is 24.8 Å². The van der Waals surface area contributed by atoms with Crippen molar-refractivity contribution in [3.05, 3.63) is 41.7 Å². The molecule has 0 saturated heterocycles. The van der Waals surface area contributed by atoms with E-state index in [1.54, 1.807) is 19.5 Å². The largest absolute Gasteiger partial charge is 0.467 e. The fourth-order valence-corrected chi connectivity index (χ4v) is 3.45. The number of fused-ring (bicyclic) bond motifs is 1. The minimum absolute atomic E-state index is 0.188. The van der Waals surface area contributed by atoms with Gasteiger partial charge >= 0.3 is 6.01 Å². The van der Waals surface area contributed by atoms with Crippen LogP contribution in [0.4, 0.5) is 0 Å². The Morgan fingerprint density at radius 2 is 2.09 bits per heavy atom. The van der Waals surface area contributed by atoms with Crippen molar-refractivity contribution in [1.29, 1.82) is 0 Å². The van der Waals surface area contributed by atoms with Crippen LogP contribution in [-0.2, 0) is 17.6 Å². The van der Waals surface area contributed by atoms with Crippen LogP contribution in [0, 0.1) is 0 Å². The molecule has 2 aliphatic rings. The number of hydrogen-bond acceptors (Lipinski definition) is 6. The molecule has 0 radical (unpaired) electrons. The highest BCUT2D eigenvalue weighted by Crippen LogP contribution is 2.38. The van der Waals surface area contributed by atoms with Gasteiger partial charge in [0.25, 0.3) is 6.02 Å². The summed E-state index contributed by atoms with van der Waals surface area (Å²) in [6.45, 7) is 0.578. The molecular formula is C17H18N4O2. The normalized spacial score (nSPS) is 22.4. The van der Waals surface area contributed by atoms with E-state index in [0.717, 1.165) is 24.8 Å². The van der Waals surface area contributed by atoms with E-state index in [9.17, 15) is 0 Å². The number of aromatic nitrogens is 2. The Labute approximate surface area is 134 Å². The third-order valence-electron chi connectivity index (χ3n) is 4.59. The Morgan fingerprint density at radius 1 is 1.26 bits per heavy atom. The lowest BCUT2D eigenvalue weighted by molar-refractivity contribution is 0.235. The minimum atomic E-state index is -0.188. The van der Waals surface area contributed by atoms with E-state index in [-0.39, 0.29) is 5.54 Å². The summed E-state index contributed by atoms with van der Waals surface area (Å²) >= 11 is 0. The molecule has 1 aromatic carbocycles. The smallest absolute Gasteiger partial charge is 0.316 e. The van der Waals surface area contributed by atoms with Crippen LogP contribution >= 0.6 is 0 Å². The van der Waals surface area contributed by atoms with Crippen molar-refractivity contribution >= 4 is 6.02 Å². The van der Waals surface area contributed by atoms with Gasteiger partial charge < -0.3 is 15.2 Å². The fraction of sp³-hybridized carbons (Fsp3) is 0.353. The van der Waals surface area contributed by atoms with E-state index in [2.05, 4.69) is 33.2 Å². The highest BCUT2D eigenvalue weighted by molar-refractivity contribution is 5.74. The highest BCUT2D eigenvalue weighted by Gasteiger charge is 2.39. The zero-order chi connectivity index (χ0) is 15.9. The van der Waals surface area contributed by atoms with Gasteiger partial charge in [0.2, 0.25) is 0 Å². The van der Waals surface area contributed by atoms with Crippen LogP contribution in [0.5, 0.6) is 6.01 Å². The SMILES string of the molecule is COc1ncc(-c2cccc3c2CCC2(COC(N)=N2)C3)cn1. The molecule has 1 unspecified atom stereocenters. The summed E-state index contributed by atoms with van der Waals surface area (Å²) in [4.78, 5) is 13.0. The number of ether oxygens (including phenoxy) is 2. The van der Waals surface area contributed by atoms with E-state index in [0.29, 0.717) is 18.6 Å². The van der Waals surface area contributed by atoms with E-state index in [4.69, 9.17) is 15.2 Å². The first-order valence-corrected chi connectivity index (χ1v) is 7.64. The van der Waals surface area contributed by atoms with Crippen molar-refractivity contribution in [3.8, 4) is 17.1 Å². The molecule has 1 aromatic heterocycles. The summed E-state index contributed by atoms with van der Waals surface area (Å²) in [6.07, 6.45) is 6.35. The Hall–Kier alpha value is -2.63. The van der Waals surface area contributed by atoms with Crippen LogP contribution in [0.2, 0.25) is 0 Å². The first kappa shape index (κ1) is 14.0. The van der Waals surface area contributed by atoms with Gasteiger partial charge in [0.15, 0.2) is 0 Å². The van der Waals surface area contributed by atoms with Gasteiger partial charge in [0.1, 0.15) is 12.1 Å². The molecule has 1 atom stereocenters. The molecule has 1 aliphatic carbocycles. The summed E-state index contributed by atoms with van der Waals surface area (Å²) in [5, 5.41) is 0. The van der Waals surface area contributed by atoms with Crippen molar-refractivity contribution < 1.29 is 9.47 Å². The average molecular weight is 310 g/mol. The molecule has 6 heteroatoms. The maximum absolute atomic E-state index is 5.71. The Morgan fingerprint density at radius 3 is 2.78 bits per heavy atom. The Kier molecular flexibility index (Phi) is 3.18. The lowest BCUT2D eigenvalue weighted by Crippen LogP contribution is -2.35. The zero-order valence-corrected chi connectivity index (χ0v) is 13.0. The summed E-state index contributed by atoms with van der Waals surface area (Å²) in [5.74, 6) is 0. The zero-order valence-electron chi connectivity index (χ0n) is 13.0.